The Balaban J connectivity index is 0.00000225. The minimum absolute atomic E-state index is 0. The zero-order chi connectivity index (χ0) is 17.8. The molecule has 25 heavy (non-hydrogen) atoms. The first-order valence-electron chi connectivity index (χ1n) is 6.27. The van der Waals surface area contributed by atoms with Gasteiger partial charge in [0.2, 0.25) is 5.78 Å². The SMILES string of the molecule is O=C(O)c1cc(C(=O)[O-])c2c(n1)C(=O)C(=O)c1cc(C(=O)O)[nH]c1-2.[Na+]. The summed E-state index contributed by atoms with van der Waals surface area (Å²) in [6.07, 6.45) is 0. The number of H-pyrrole nitrogens is 1. The number of nitrogens with one attached hydrogen (secondary N) is 1. The fraction of sp³-hybridized carbons (Fsp3) is 0. The summed E-state index contributed by atoms with van der Waals surface area (Å²) in [7, 11) is 0. The van der Waals surface area contributed by atoms with Gasteiger partial charge in [-0.3, -0.25) is 9.59 Å². The van der Waals surface area contributed by atoms with E-state index in [2.05, 4.69) is 9.97 Å². The van der Waals surface area contributed by atoms with Crippen LogP contribution >= 0.6 is 0 Å². The summed E-state index contributed by atoms with van der Waals surface area (Å²) in [6.45, 7) is 0. The molecule has 0 aromatic carbocycles. The van der Waals surface area contributed by atoms with Crippen molar-refractivity contribution in [3.05, 3.63) is 40.3 Å². The largest absolute Gasteiger partial charge is 1.00 e. The normalized spacial score (nSPS) is 12.0. The van der Waals surface area contributed by atoms with Gasteiger partial charge >= 0.3 is 41.5 Å². The Labute approximate surface area is 159 Å². The predicted octanol–water partition coefficient (Wildman–Crippen LogP) is -3.78. The number of aromatic amines is 1. The molecule has 120 valence electrons. The first-order chi connectivity index (χ1) is 11.2. The molecular weight excluding hydrogens is 347 g/mol. The zero-order valence-corrected chi connectivity index (χ0v) is 14.4. The molecule has 0 aliphatic heterocycles. The van der Waals surface area contributed by atoms with Crippen LogP contribution in [0.25, 0.3) is 11.3 Å². The molecule has 0 spiro atoms. The van der Waals surface area contributed by atoms with Crippen LogP contribution in [0.5, 0.6) is 0 Å². The Morgan fingerprint density at radius 1 is 1.04 bits per heavy atom. The van der Waals surface area contributed by atoms with Gasteiger partial charge in [-0.1, -0.05) is 0 Å². The number of nitrogens with zero attached hydrogens (tertiary/aromatic N) is 1. The van der Waals surface area contributed by atoms with E-state index in [9.17, 15) is 29.1 Å². The van der Waals surface area contributed by atoms with Crippen molar-refractivity contribution >= 4 is 29.5 Å². The summed E-state index contributed by atoms with van der Waals surface area (Å²) in [4.78, 5) is 63.4. The van der Waals surface area contributed by atoms with Crippen LogP contribution < -0.4 is 34.7 Å². The molecule has 0 radical (unpaired) electrons. The van der Waals surface area contributed by atoms with E-state index in [1.807, 2.05) is 0 Å². The van der Waals surface area contributed by atoms with Crippen molar-refractivity contribution in [3.8, 4) is 11.3 Å². The molecule has 0 bridgehead atoms. The van der Waals surface area contributed by atoms with E-state index in [1.54, 1.807) is 0 Å². The van der Waals surface area contributed by atoms with Crippen molar-refractivity contribution in [2.45, 2.75) is 0 Å². The summed E-state index contributed by atoms with van der Waals surface area (Å²) in [5.41, 5.74) is -3.55. The molecule has 1 aliphatic rings. The van der Waals surface area contributed by atoms with Gasteiger partial charge in [-0.15, -0.1) is 0 Å². The first-order valence-corrected chi connectivity index (χ1v) is 6.27. The monoisotopic (exact) mass is 352 g/mol. The van der Waals surface area contributed by atoms with Gasteiger partial charge in [-0.25, -0.2) is 14.6 Å². The fourth-order valence-corrected chi connectivity index (χ4v) is 2.41. The van der Waals surface area contributed by atoms with E-state index in [4.69, 9.17) is 10.2 Å². The van der Waals surface area contributed by atoms with E-state index in [0.29, 0.717) is 6.07 Å². The van der Waals surface area contributed by atoms with Crippen LogP contribution in [0.3, 0.4) is 0 Å². The number of carboxylic acids is 3. The molecule has 3 N–H and O–H groups in total. The van der Waals surface area contributed by atoms with Crippen LogP contribution in [-0.4, -0.2) is 49.7 Å². The standard InChI is InChI=1S/C14H6N2O8.Na/c17-10-4-2-6(14(23)24)15-8(4)7-3(12(19)20)1-5(13(21)22)16-9(7)11(10)18;/h1-2,15H,(H,19,20)(H,21,22)(H,23,24);/q;+1/p-1. The molecule has 3 rings (SSSR count). The van der Waals surface area contributed by atoms with Crippen molar-refractivity contribution in [2.24, 2.45) is 0 Å². The number of hydrogen-bond donors (Lipinski definition) is 3. The number of rotatable bonds is 3. The second-order valence-corrected chi connectivity index (χ2v) is 4.81. The molecule has 11 heteroatoms. The number of Topliss-reactive ketones (excluding diaryl/α,β-unsaturated/α-hetero) is 2. The quantitative estimate of drug-likeness (QED) is 0.369. The van der Waals surface area contributed by atoms with E-state index in [-0.39, 0.29) is 46.4 Å². The van der Waals surface area contributed by atoms with Gasteiger partial charge in [0, 0.05) is 11.1 Å². The van der Waals surface area contributed by atoms with Gasteiger partial charge in [0.15, 0.2) is 0 Å². The van der Waals surface area contributed by atoms with Crippen molar-refractivity contribution in [2.75, 3.05) is 0 Å². The van der Waals surface area contributed by atoms with Gasteiger partial charge in [-0.05, 0) is 12.1 Å². The van der Waals surface area contributed by atoms with Gasteiger partial charge in [0.1, 0.15) is 17.1 Å². The summed E-state index contributed by atoms with van der Waals surface area (Å²) < 4.78 is 0. The average Bonchev–Trinajstić information content (AvgIpc) is 2.96. The molecule has 0 fully saturated rings. The van der Waals surface area contributed by atoms with Gasteiger partial charge < -0.3 is 25.1 Å². The third-order valence-corrected chi connectivity index (χ3v) is 3.42. The molecule has 0 unspecified atom stereocenters. The van der Waals surface area contributed by atoms with Crippen LogP contribution in [0.1, 0.15) is 52.2 Å². The summed E-state index contributed by atoms with van der Waals surface area (Å²) in [5, 5.41) is 29.3. The molecule has 2 heterocycles. The number of aromatic carboxylic acids is 3. The molecule has 2 aromatic rings. The fourth-order valence-electron chi connectivity index (χ4n) is 2.41. The number of ketones is 2. The predicted molar refractivity (Wildman–Crippen MR) is 70.9 cm³/mol. The Bertz CT molecular complexity index is 991. The number of pyridine rings is 1. The first kappa shape index (κ1) is 18.5. The van der Waals surface area contributed by atoms with Crippen LogP contribution in [0.4, 0.5) is 0 Å². The number of fused-ring (bicyclic) bond motifs is 3. The van der Waals surface area contributed by atoms with Crippen molar-refractivity contribution in [3.63, 3.8) is 0 Å². The second kappa shape index (κ2) is 6.24. The van der Waals surface area contributed by atoms with Crippen LogP contribution in [0.2, 0.25) is 0 Å². The number of carboxylic acid groups (broad SMARTS) is 3. The van der Waals surface area contributed by atoms with Crippen LogP contribution in [-0.2, 0) is 0 Å². The molecule has 0 saturated carbocycles. The van der Waals surface area contributed by atoms with E-state index in [1.165, 1.54) is 0 Å². The Morgan fingerprint density at radius 2 is 1.68 bits per heavy atom. The number of carbonyl (C=O) groups is 5. The number of hydrogen-bond acceptors (Lipinski definition) is 7. The summed E-state index contributed by atoms with van der Waals surface area (Å²) in [6, 6.07) is 1.57. The molecule has 1 aliphatic carbocycles. The van der Waals surface area contributed by atoms with Crippen LogP contribution in [0, 0.1) is 0 Å². The minimum atomic E-state index is -1.81. The molecule has 0 atom stereocenters. The average molecular weight is 352 g/mol. The maximum Gasteiger partial charge on any atom is 1.00 e. The van der Waals surface area contributed by atoms with E-state index >= 15 is 0 Å². The molecule has 10 nitrogen and oxygen atoms in total. The maximum absolute atomic E-state index is 12.1. The second-order valence-electron chi connectivity index (χ2n) is 4.81. The van der Waals surface area contributed by atoms with E-state index in [0.717, 1.165) is 6.07 Å². The van der Waals surface area contributed by atoms with Gasteiger partial charge in [0.25, 0.3) is 5.78 Å². The Kier molecular flexibility index (Phi) is 4.62. The summed E-state index contributed by atoms with van der Waals surface area (Å²) >= 11 is 0. The number of aromatic nitrogens is 2. The summed E-state index contributed by atoms with van der Waals surface area (Å²) in [5.74, 6) is -7.21. The van der Waals surface area contributed by atoms with Crippen molar-refractivity contribution < 1.29 is 68.8 Å². The van der Waals surface area contributed by atoms with Crippen LogP contribution in [0.15, 0.2) is 12.1 Å². The molecule has 0 saturated heterocycles. The Morgan fingerprint density at radius 3 is 2.20 bits per heavy atom. The topological polar surface area (TPSA) is 178 Å². The smallest absolute Gasteiger partial charge is 0.545 e. The minimum Gasteiger partial charge on any atom is -0.545 e. The van der Waals surface area contributed by atoms with Gasteiger partial charge in [0.05, 0.1) is 17.2 Å². The van der Waals surface area contributed by atoms with E-state index < -0.39 is 52.1 Å². The third kappa shape index (κ3) is 2.76. The van der Waals surface area contributed by atoms with Gasteiger partial charge in [-0.2, -0.15) is 0 Å². The Hall–Kier alpha value is -2.82. The third-order valence-electron chi connectivity index (χ3n) is 3.42. The molecule has 0 amide bonds. The molecule has 2 aromatic heterocycles. The maximum atomic E-state index is 12.1. The molecular formula is C14H5N2NaO8. The zero-order valence-electron chi connectivity index (χ0n) is 12.4. The van der Waals surface area contributed by atoms with Crippen molar-refractivity contribution in [1.29, 1.82) is 0 Å². The number of carbonyl (C=O) groups excluding carboxylic acids is 3. The van der Waals surface area contributed by atoms with Crippen molar-refractivity contribution in [1.82, 2.24) is 9.97 Å².